The summed E-state index contributed by atoms with van der Waals surface area (Å²) in [7, 11) is 0. The Bertz CT molecular complexity index is 458. The molecule has 110 valence electrons. The highest BCUT2D eigenvalue weighted by atomic mass is 19.1. The molecule has 1 aromatic rings. The lowest BCUT2D eigenvalue weighted by Gasteiger charge is -2.10. The Hall–Kier alpha value is -1.42. The Morgan fingerprint density at radius 1 is 1.40 bits per heavy atom. The van der Waals surface area contributed by atoms with E-state index in [4.69, 9.17) is 0 Å². The second-order valence-corrected chi connectivity index (χ2v) is 5.72. The summed E-state index contributed by atoms with van der Waals surface area (Å²) in [6.07, 6.45) is 2.69. The highest BCUT2D eigenvalue weighted by molar-refractivity contribution is 5.75. The van der Waals surface area contributed by atoms with Crippen molar-refractivity contribution in [3.8, 4) is 0 Å². The summed E-state index contributed by atoms with van der Waals surface area (Å²) in [5.41, 5.74) is 2.22. The summed E-state index contributed by atoms with van der Waals surface area (Å²) in [5, 5.41) is 6.22. The third-order valence-electron chi connectivity index (χ3n) is 3.93. The second-order valence-electron chi connectivity index (χ2n) is 5.72. The van der Waals surface area contributed by atoms with Crippen LogP contribution in [0.5, 0.6) is 0 Å². The van der Waals surface area contributed by atoms with Crippen LogP contribution in [0.15, 0.2) is 12.1 Å². The number of benzene rings is 1. The van der Waals surface area contributed by atoms with Crippen LogP contribution in [0.2, 0.25) is 0 Å². The molecule has 0 aromatic heterocycles. The van der Waals surface area contributed by atoms with Gasteiger partial charge in [-0.1, -0.05) is 12.1 Å². The Kier molecular flexibility index (Phi) is 5.12. The fourth-order valence-corrected chi connectivity index (χ4v) is 2.72. The van der Waals surface area contributed by atoms with E-state index in [2.05, 4.69) is 10.6 Å². The molecule has 1 heterocycles. The quantitative estimate of drug-likeness (QED) is 0.868. The van der Waals surface area contributed by atoms with Gasteiger partial charge in [-0.3, -0.25) is 4.79 Å². The molecule has 1 aliphatic heterocycles. The van der Waals surface area contributed by atoms with Crippen molar-refractivity contribution in [3.05, 3.63) is 34.6 Å². The van der Waals surface area contributed by atoms with Crippen LogP contribution in [0.3, 0.4) is 0 Å². The van der Waals surface area contributed by atoms with Crippen LogP contribution in [0, 0.1) is 25.6 Å². The van der Waals surface area contributed by atoms with Gasteiger partial charge in [0.05, 0.1) is 0 Å². The Morgan fingerprint density at radius 2 is 2.10 bits per heavy atom. The van der Waals surface area contributed by atoms with Crippen molar-refractivity contribution in [1.82, 2.24) is 10.6 Å². The number of nitrogens with one attached hydrogen (secondary N) is 2. The van der Waals surface area contributed by atoms with Gasteiger partial charge in [-0.2, -0.15) is 0 Å². The molecule has 4 heteroatoms. The minimum Gasteiger partial charge on any atom is -0.352 e. The van der Waals surface area contributed by atoms with Gasteiger partial charge in [-0.15, -0.1) is 0 Å². The van der Waals surface area contributed by atoms with Crippen LogP contribution in [0.25, 0.3) is 0 Å². The Balaban J connectivity index is 1.78. The highest BCUT2D eigenvalue weighted by Gasteiger charge is 2.15. The number of hydrogen-bond acceptors (Lipinski definition) is 2. The van der Waals surface area contributed by atoms with Crippen LogP contribution in [-0.2, 0) is 11.3 Å². The van der Waals surface area contributed by atoms with Gasteiger partial charge in [-0.05, 0) is 62.4 Å². The number of aryl methyl sites for hydroxylation is 2. The van der Waals surface area contributed by atoms with Crippen LogP contribution in [0.1, 0.15) is 36.0 Å². The molecule has 2 N–H and O–H groups in total. The number of hydrogen-bond donors (Lipinski definition) is 2. The summed E-state index contributed by atoms with van der Waals surface area (Å²) in [5.74, 6) is 0.557. The molecule has 1 unspecified atom stereocenters. The van der Waals surface area contributed by atoms with E-state index in [1.165, 1.54) is 6.42 Å². The van der Waals surface area contributed by atoms with Crippen molar-refractivity contribution < 1.29 is 9.18 Å². The normalized spacial score (nSPS) is 18.2. The molecular weight excluding hydrogens is 255 g/mol. The number of halogens is 1. The second kappa shape index (κ2) is 6.84. The predicted octanol–water partition coefficient (Wildman–Crippen LogP) is 2.45. The van der Waals surface area contributed by atoms with Gasteiger partial charge in [0.1, 0.15) is 5.82 Å². The van der Waals surface area contributed by atoms with E-state index >= 15 is 0 Å². The number of amides is 1. The van der Waals surface area contributed by atoms with Crippen LogP contribution in [0.4, 0.5) is 4.39 Å². The van der Waals surface area contributed by atoms with E-state index in [0.29, 0.717) is 30.0 Å². The number of carbonyl (C=O) groups is 1. The molecule has 1 aliphatic rings. The van der Waals surface area contributed by atoms with Crippen molar-refractivity contribution in [1.29, 1.82) is 0 Å². The van der Waals surface area contributed by atoms with Gasteiger partial charge in [0, 0.05) is 13.0 Å². The minimum absolute atomic E-state index is 0.0801. The van der Waals surface area contributed by atoms with Crippen LogP contribution in [-0.4, -0.2) is 19.0 Å². The monoisotopic (exact) mass is 278 g/mol. The lowest BCUT2D eigenvalue weighted by molar-refractivity contribution is -0.121. The predicted molar refractivity (Wildman–Crippen MR) is 77.9 cm³/mol. The van der Waals surface area contributed by atoms with Crippen LogP contribution >= 0.6 is 0 Å². The van der Waals surface area contributed by atoms with Crippen molar-refractivity contribution >= 4 is 5.91 Å². The Labute approximate surface area is 120 Å². The first-order valence-corrected chi connectivity index (χ1v) is 7.29. The van der Waals surface area contributed by atoms with Crippen LogP contribution < -0.4 is 10.6 Å². The van der Waals surface area contributed by atoms with E-state index < -0.39 is 0 Å². The molecular formula is C16H23FN2O. The van der Waals surface area contributed by atoms with Gasteiger partial charge >= 0.3 is 0 Å². The SMILES string of the molecule is Cc1cc(CNC(=O)CCC2CCNC2)cc(C)c1F. The summed E-state index contributed by atoms with van der Waals surface area (Å²) >= 11 is 0. The smallest absolute Gasteiger partial charge is 0.220 e. The zero-order chi connectivity index (χ0) is 14.5. The lowest BCUT2D eigenvalue weighted by Crippen LogP contribution is -2.23. The number of rotatable bonds is 5. The van der Waals surface area contributed by atoms with Gasteiger partial charge in [-0.25, -0.2) is 4.39 Å². The van der Waals surface area contributed by atoms with E-state index in [-0.39, 0.29) is 11.7 Å². The van der Waals surface area contributed by atoms with Gasteiger partial charge in [0.25, 0.3) is 0 Å². The van der Waals surface area contributed by atoms with Crippen molar-refractivity contribution in [2.45, 2.75) is 39.7 Å². The topological polar surface area (TPSA) is 41.1 Å². The molecule has 0 bridgehead atoms. The third-order valence-corrected chi connectivity index (χ3v) is 3.93. The molecule has 0 aliphatic carbocycles. The maximum Gasteiger partial charge on any atom is 0.220 e. The fraction of sp³-hybridized carbons (Fsp3) is 0.562. The molecule has 0 spiro atoms. The van der Waals surface area contributed by atoms with Gasteiger partial charge in [0.2, 0.25) is 5.91 Å². The molecule has 3 nitrogen and oxygen atoms in total. The summed E-state index contributed by atoms with van der Waals surface area (Å²) in [4.78, 5) is 11.8. The maximum atomic E-state index is 13.5. The molecule has 2 rings (SSSR count). The summed E-state index contributed by atoms with van der Waals surface area (Å²) < 4.78 is 13.5. The maximum absolute atomic E-state index is 13.5. The molecule has 0 radical (unpaired) electrons. The molecule has 20 heavy (non-hydrogen) atoms. The van der Waals surface area contributed by atoms with Crippen molar-refractivity contribution in [2.24, 2.45) is 5.92 Å². The minimum atomic E-state index is -0.159. The van der Waals surface area contributed by atoms with E-state index in [0.717, 1.165) is 25.1 Å². The molecule has 1 fully saturated rings. The summed E-state index contributed by atoms with van der Waals surface area (Å²) in [6.45, 7) is 6.08. The first-order valence-electron chi connectivity index (χ1n) is 7.29. The van der Waals surface area contributed by atoms with E-state index in [1.54, 1.807) is 26.0 Å². The third kappa shape index (κ3) is 4.04. The largest absolute Gasteiger partial charge is 0.352 e. The lowest BCUT2D eigenvalue weighted by atomic mass is 10.0. The fourth-order valence-electron chi connectivity index (χ4n) is 2.72. The van der Waals surface area contributed by atoms with E-state index in [1.807, 2.05) is 0 Å². The summed E-state index contributed by atoms with van der Waals surface area (Å²) in [6, 6.07) is 3.59. The van der Waals surface area contributed by atoms with Crippen molar-refractivity contribution in [3.63, 3.8) is 0 Å². The molecule has 1 atom stereocenters. The standard InChI is InChI=1S/C16H23FN2O/c1-11-7-14(8-12(2)16(11)17)10-19-15(20)4-3-13-5-6-18-9-13/h7-8,13,18H,3-6,9-10H2,1-2H3,(H,19,20). The van der Waals surface area contributed by atoms with Gasteiger partial charge < -0.3 is 10.6 Å². The zero-order valence-corrected chi connectivity index (χ0v) is 12.3. The molecule has 1 amide bonds. The molecule has 1 aromatic carbocycles. The molecule has 0 saturated carbocycles. The zero-order valence-electron chi connectivity index (χ0n) is 12.3. The average molecular weight is 278 g/mol. The van der Waals surface area contributed by atoms with Gasteiger partial charge in [0.15, 0.2) is 0 Å². The Morgan fingerprint density at radius 3 is 2.70 bits per heavy atom. The number of carbonyl (C=O) groups excluding carboxylic acids is 1. The van der Waals surface area contributed by atoms with Crippen molar-refractivity contribution in [2.75, 3.05) is 13.1 Å². The van der Waals surface area contributed by atoms with E-state index in [9.17, 15) is 9.18 Å². The first kappa shape index (κ1) is 15.0. The first-order chi connectivity index (χ1) is 9.56. The molecule has 1 saturated heterocycles. The average Bonchev–Trinajstić information content (AvgIpc) is 2.93. The highest BCUT2D eigenvalue weighted by Crippen LogP contribution is 2.16.